The first-order chi connectivity index (χ1) is 33.0. The summed E-state index contributed by atoms with van der Waals surface area (Å²) in [6, 6.07) is 82.0. The van der Waals surface area contributed by atoms with Gasteiger partial charge in [0.05, 0.1) is 11.1 Å². The molecule has 0 unspecified atom stereocenters. The molecular formula is C64H43NO2. The molecule has 0 bridgehead atoms. The first-order valence-corrected chi connectivity index (χ1v) is 23.2. The van der Waals surface area contributed by atoms with Crippen molar-refractivity contribution in [1.29, 1.82) is 0 Å². The SMILES string of the molecule is CC1(C)c2ccccc2-c2ccc(N(c3ccc4c(c3)C(c3ccccc3)(c3ccccc3)c3ccccc3-4)c3cccc4c3oc3cc5c(cc34)oc3cc(-c4ccccc4)ccc35)cc21. The Hall–Kier alpha value is -8.40. The molecular weight excluding hydrogens is 815 g/mol. The third-order valence-corrected chi connectivity index (χ3v) is 14.9. The van der Waals surface area contributed by atoms with Crippen LogP contribution in [0.25, 0.3) is 77.3 Å². The van der Waals surface area contributed by atoms with Crippen LogP contribution in [-0.4, -0.2) is 0 Å². The summed E-state index contributed by atoms with van der Waals surface area (Å²) in [7, 11) is 0. The molecule has 0 radical (unpaired) electrons. The standard InChI is InChI=1S/C64H43NO2/c1-63(2)54-26-14-12-23-46(54)48-33-30-44(36-56(48)63)65(45-31-34-49-47-24-13-15-27-55(47)64(57(49)37-45,42-19-8-4-9-20-42)43-21-10-5-11-22-43)58-28-16-25-51-53-39-60-52(38-61(53)67-62(51)58)50-32-29-41(35-59(50)66-60)40-17-6-3-7-18-40/h3-39H,1-2H3. The van der Waals surface area contributed by atoms with E-state index in [2.05, 4.69) is 237 Å². The zero-order valence-corrected chi connectivity index (χ0v) is 37.1. The second kappa shape index (κ2) is 14.1. The molecule has 10 aromatic carbocycles. The van der Waals surface area contributed by atoms with Gasteiger partial charge in [-0.25, -0.2) is 0 Å². The minimum atomic E-state index is -0.554. The summed E-state index contributed by atoms with van der Waals surface area (Å²) >= 11 is 0. The van der Waals surface area contributed by atoms with E-state index >= 15 is 0 Å². The summed E-state index contributed by atoms with van der Waals surface area (Å²) < 4.78 is 13.8. The molecule has 0 aliphatic heterocycles. The number of para-hydroxylation sites is 1. The minimum absolute atomic E-state index is 0.187. The molecule has 12 aromatic rings. The maximum atomic E-state index is 7.15. The van der Waals surface area contributed by atoms with Crippen molar-refractivity contribution in [2.75, 3.05) is 4.90 Å². The lowest BCUT2D eigenvalue weighted by Crippen LogP contribution is -2.28. The van der Waals surface area contributed by atoms with Gasteiger partial charge in [-0.2, -0.15) is 0 Å². The van der Waals surface area contributed by atoms with Gasteiger partial charge in [0.2, 0.25) is 0 Å². The van der Waals surface area contributed by atoms with E-state index in [1.807, 2.05) is 6.07 Å². The summed E-state index contributed by atoms with van der Waals surface area (Å²) in [6.45, 7) is 4.71. The molecule has 0 saturated carbocycles. The number of fused-ring (bicyclic) bond motifs is 12. The number of benzene rings is 10. The lowest BCUT2D eigenvalue weighted by atomic mass is 9.67. The maximum Gasteiger partial charge on any atom is 0.159 e. The predicted octanol–water partition coefficient (Wildman–Crippen LogP) is 17.3. The van der Waals surface area contributed by atoms with E-state index in [1.54, 1.807) is 0 Å². The monoisotopic (exact) mass is 857 g/mol. The van der Waals surface area contributed by atoms with Crippen molar-refractivity contribution in [3.8, 4) is 33.4 Å². The van der Waals surface area contributed by atoms with Crippen LogP contribution >= 0.6 is 0 Å². The molecule has 0 N–H and O–H groups in total. The number of nitrogens with zero attached hydrogens (tertiary/aromatic N) is 1. The van der Waals surface area contributed by atoms with Crippen molar-refractivity contribution >= 4 is 60.9 Å². The van der Waals surface area contributed by atoms with Gasteiger partial charge >= 0.3 is 0 Å². The topological polar surface area (TPSA) is 29.5 Å². The summed E-state index contributed by atoms with van der Waals surface area (Å²) in [6.07, 6.45) is 0. The van der Waals surface area contributed by atoms with Gasteiger partial charge in [-0.15, -0.1) is 0 Å². The summed E-state index contributed by atoms with van der Waals surface area (Å²) in [5.74, 6) is 0. The Bertz CT molecular complexity index is 3910. The number of furan rings is 2. The van der Waals surface area contributed by atoms with Crippen LogP contribution in [0, 0.1) is 0 Å². The van der Waals surface area contributed by atoms with E-state index in [-0.39, 0.29) is 5.41 Å². The fourth-order valence-electron chi connectivity index (χ4n) is 11.9. The van der Waals surface area contributed by atoms with Crippen LogP contribution in [0.1, 0.15) is 47.2 Å². The molecule has 14 rings (SSSR count). The summed E-state index contributed by atoms with van der Waals surface area (Å²) in [5, 5.41) is 4.17. The Labute approximate surface area is 388 Å². The van der Waals surface area contributed by atoms with Crippen LogP contribution in [0.2, 0.25) is 0 Å². The molecule has 2 aromatic heterocycles. The van der Waals surface area contributed by atoms with E-state index < -0.39 is 5.41 Å². The molecule has 3 nitrogen and oxygen atoms in total. The molecule has 0 saturated heterocycles. The smallest absolute Gasteiger partial charge is 0.159 e. The average molecular weight is 858 g/mol. The number of hydrogen-bond donors (Lipinski definition) is 0. The van der Waals surface area contributed by atoms with Crippen LogP contribution in [0.5, 0.6) is 0 Å². The highest BCUT2D eigenvalue weighted by atomic mass is 16.3. The van der Waals surface area contributed by atoms with E-state index in [0.717, 1.165) is 72.1 Å². The Balaban J connectivity index is 1.01. The highest BCUT2D eigenvalue weighted by Gasteiger charge is 2.46. The van der Waals surface area contributed by atoms with Crippen LogP contribution in [0.3, 0.4) is 0 Å². The van der Waals surface area contributed by atoms with Crippen LogP contribution < -0.4 is 4.90 Å². The molecule has 2 heterocycles. The van der Waals surface area contributed by atoms with Gasteiger partial charge in [0, 0.05) is 38.3 Å². The van der Waals surface area contributed by atoms with Gasteiger partial charge in [0.15, 0.2) is 5.58 Å². The van der Waals surface area contributed by atoms with E-state index in [0.29, 0.717) is 0 Å². The summed E-state index contributed by atoms with van der Waals surface area (Å²) in [4.78, 5) is 2.43. The second-order valence-electron chi connectivity index (χ2n) is 18.8. The third kappa shape index (κ3) is 5.34. The molecule has 316 valence electrons. The van der Waals surface area contributed by atoms with Gasteiger partial charge in [-0.1, -0.05) is 184 Å². The molecule has 0 fully saturated rings. The highest BCUT2D eigenvalue weighted by Crippen LogP contribution is 2.58. The minimum Gasteiger partial charge on any atom is -0.456 e. The quantitative estimate of drug-likeness (QED) is 0.167. The lowest BCUT2D eigenvalue weighted by molar-refractivity contribution is 0.660. The van der Waals surface area contributed by atoms with Gasteiger partial charge in [0.25, 0.3) is 0 Å². The van der Waals surface area contributed by atoms with Crippen LogP contribution in [0.15, 0.2) is 233 Å². The van der Waals surface area contributed by atoms with Crippen molar-refractivity contribution in [3.63, 3.8) is 0 Å². The Morgan fingerprint density at radius 3 is 1.58 bits per heavy atom. The first kappa shape index (κ1) is 37.9. The number of rotatable bonds is 6. The maximum absolute atomic E-state index is 7.15. The first-order valence-electron chi connectivity index (χ1n) is 23.2. The van der Waals surface area contributed by atoms with Crippen molar-refractivity contribution in [2.24, 2.45) is 0 Å². The number of hydrogen-bond acceptors (Lipinski definition) is 3. The molecule has 0 amide bonds. The molecule has 2 aliphatic rings. The van der Waals surface area contributed by atoms with E-state index in [9.17, 15) is 0 Å². The Morgan fingerprint density at radius 1 is 0.343 bits per heavy atom. The van der Waals surface area contributed by atoms with Crippen LogP contribution in [0.4, 0.5) is 17.1 Å². The Kier molecular flexibility index (Phi) is 7.95. The van der Waals surface area contributed by atoms with Gasteiger partial charge < -0.3 is 13.7 Å². The Morgan fingerprint density at radius 2 is 0.881 bits per heavy atom. The summed E-state index contributed by atoms with van der Waals surface area (Å²) in [5.41, 5.74) is 20.8. The second-order valence-corrected chi connectivity index (χ2v) is 18.8. The zero-order valence-electron chi connectivity index (χ0n) is 37.1. The van der Waals surface area contributed by atoms with E-state index in [4.69, 9.17) is 8.83 Å². The van der Waals surface area contributed by atoms with Crippen molar-refractivity contribution < 1.29 is 8.83 Å². The normalized spacial score (nSPS) is 14.1. The average Bonchev–Trinajstić information content (AvgIpc) is 4.09. The molecule has 0 atom stereocenters. The van der Waals surface area contributed by atoms with Gasteiger partial charge in [0.1, 0.15) is 16.7 Å². The van der Waals surface area contributed by atoms with E-state index in [1.165, 1.54) is 55.6 Å². The van der Waals surface area contributed by atoms with Gasteiger partial charge in [-0.05, 0) is 121 Å². The zero-order chi connectivity index (χ0) is 44.4. The molecule has 67 heavy (non-hydrogen) atoms. The van der Waals surface area contributed by atoms with Crippen molar-refractivity contribution in [3.05, 3.63) is 258 Å². The molecule has 2 aliphatic carbocycles. The van der Waals surface area contributed by atoms with Crippen LogP contribution in [-0.2, 0) is 10.8 Å². The van der Waals surface area contributed by atoms with Gasteiger partial charge in [-0.3, -0.25) is 0 Å². The molecule has 3 heteroatoms. The highest BCUT2D eigenvalue weighted by molar-refractivity contribution is 6.17. The van der Waals surface area contributed by atoms with Crippen molar-refractivity contribution in [1.82, 2.24) is 0 Å². The largest absolute Gasteiger partial charge is 0.456 e. The number of anilines is 3. The molecule has 0 spiro atoms. The predicted molar refractivity (Wildman–Crippen MR) is 276 cm³/mol. The third-order valence-electron chi connectivity index (χ3n) is 14.9. The fraction of sp³-hybridized carbons (Fsp3) is 0.0625. The van der Waals surface area contributed by atoms with Crippen molar-refractivity contribution in [2.45, 2.75) is 24.7 Å². The lowest BCUT2D eigenvalue weighted by Gasteiger charge is -2.35. The fourth-order valence-corrected chi connectivity index (χ4v) is 11.9.